The lowest BCUT2D eigenvalue weighted by Crippen LogP contribution is -1.95. The molecule has 166 valence electrons. The van der Waals surface area contributed by atoms with Gasteiger partial charge in [0.25, 0.3) is 0 Å². The number of phenolic OH excluding ortho intramolecular Hbond substituents is 1. The third kappa shape index (κ3) is 8.59. The van der Waals surface area contributed by atoms with Crippen LogP contribution in [0.3, 0.4) is 0 Å². The Kier molecular flexibility index (Phi) is 9.86. The van der Waals surface area contributed by atoms with Crippen molar-refractivity contribution in [2.75, 3.05) is 0 Å². The second-order valence-electron chi connectivity index (χ2n) is 8.55. The van der Waals surface area contributed by atoms with Gasteiger partial charge < -0.3 is 5.11 Å². The smallest absolute Gasteiger partial charge is 0.115 e. The first-order chi connectivity index (χ1) is 15.7. The zero-order valence-corrected chi connectivity index (χ0v) is 19.3. The molecule has 0 aromatic heterocycles. The highest BCUT2D eigenvalue weighted by Gasteiger charge is 2.04. The van der Waals surface area contributed by atoms with Gasteiger partial charge in [0.1, 0.15) is 5.75 Å². The van der Waals surface area contributed by atoms with Gasteiger partial charge in [0, 0.05) is 0 Å². The highest BCUT2D eigenvalue weighted by Crippen LogP contribution is 2.21. The summed E-state index contributed by atoms with van der Waals surface area (Å²) < 4.78 is 0. The third-order valence-corrected chi connectivity index (χ3v) is 5.87. The van der Waals surface area contributed by atoms with Gasteiger partial charge in [-0.15, -0.1) is 0 Å². The molecule has 3 rings (SSSR count). The fraction of sp³-hybridized carbons (Fsp3) is 0.290. The van der Waals surface area contributed by atoms with Crippen molar-refractivity contribution >= 4 is 0 Å². The van der Waals surface area contributed by atoms with Gasteiger partial charge in [0.05, 0.1) is 0 Å². The number of allylic oxidation sites excluding steroid dienone is 4. The number of phenols is 1. The van der Waals surface area contributed by atoms with Gasteiger partial charge in [0.2, 0.25) is 0 Å². The minimum Gasteiger partial charge on any atom is -0.508 e. The molecular formula is C31H36O. The lowest BCUT2D eigenvalue weighted by Gasteiger charge is -2.11. The molecule has 1 N–H and O–H groups in total. The molecule has 0 aliphatic rings. The van der Waals surface area contributed by atoms with Crippen LogP contribution in [0.25, 0.3) is 0 Å². The highest BCUT2D eigenvalue weighted by molar-refractivity contribution is 5.30. The minimum atomic E-state index is 0.330. The van der Waals surface area contributed by atoms with Crippen molar-refractivity contribution in [3.63, 3.8) is 0 Å². The van der Waals surface area contributed by atoms with E-state index >= 15 is 0 Å². The normalized spacial score (nSPS) is 12.2. The van der Waals surface area contributed by atoms with E-state index < -0.39 is 0 Å². The van der Waals surface area contributed by atoms with Crippen LogP contribution < -0.4 is 0 Å². The van der Waals surface area contributed by atoms with E-state index in [9.17, 15) is 5.11 Å². The van der Waals surface area contributed by atoms with E-state index in [1.165, 1.54) is 47.9 Å². The first kappa shape index (κ1) is 23.6. The maximum Gasteiger partial charge on any atom is 0.115 e. The topological polar surface area (TPSA) is 20.2 Å². The summed E-state index contributed by atoms with van der Waals surface area (Å²) in [6.07, 6.45) is 13.7. The Bertz CT molecular complexity index is 966. The van der Waals surface area contributed by atoms with E-state index in [0.29, 0.717) is 5.75 Å². The van der Waals surface area contributed by atoms with Gasteiger partial charge in [-0.2, -0.15) is 0 Å². The van der Waals surface area contributed by atoms with Gasteiger partial charge in [-0.05, 0) is 73.8 Å². The summed E-state index contributed by atoms with van der Waals surface area (Å²) in [5, 5.41) is 9.61. The molecule has 0 heterocycles. The SMILES string of the molecule is CCCC(=CCc1ccccc1)CCCC(=CCc1ccccc1)Cc1ccc(O)cc1. The molecule has 1 nitrogen and oxygen atoms in total. The van der Waals surface area contributed by atoms with Crippen LogP contribution in [0.5, 0.6) is 5.75 Å². The fourth-order valence-corrected chi connectivity index (χ4v) is 4.08. The number of rotatable bonds is 12. The standard InChI is InChI=1S/C31H36O/c1-2-10-26(17-18-27-11-5-3-6-12-27)15-9-16-29(20-19-28-13-7-4-8-14-28)25-30-21-23-31(32)24-22-30/h3-8,11-14,17,20-24,32H,2,9-10,15-16,18-19,25H2,1H3. The lowest BCUT2D eigenvalue weighted by atomic mass is 9.95. The van der Waals surface area contributed by atoms with E-state index in [1.807, 2.05) is 12.1 Å². The van der Waals surface area contributed by atoms with Gasteiger partial charge >= 0.3 is 0 Å². The molecule has 1 heteroatoms. The van der Waals surface area contributed by atoms with Gasteiger partial charge in [-0.25, -0.2) is 0 Å². The second-order valence-corrected chi connectivity index (χ2v) is 8.55. The van der Waals surface area contributed by atoms with Crippen LogP contribution >= 0.6 is 0 Å². The summed E-state index contributed by atoms with van der Waals surface area (Å²) in [6, 6.07) is 29.1. The molecule has 0 fully saturated rings. The monoisotopic (exact) mass is 424 g/mol. The van der Waals surface area contributed by atoms with E-state index in [-0.39, 0.29) is 0 Å². The number of hydrogen-bond donors (Lipinski definition) is 1. The molecule has 0 atom stereocenters. The van der Waals surface area contributed by atoms with Crippen LogP contribution in [0.15, 0.2) is 108 Å². The van der Waals surface area contributed by atoms with Crippen molar-refractivity contribution in [3.8, 4) is 5.75 Å². The van der Waals surface area contributed by atoms with Gasteiger partial charge in [-0.3, -0.25) is 0 Å². The van der Waals surface area contributed by atoms with Crippen LogP contribution in [0, 0.1) is 0 Å². The summed E-state index contributed by atoms with van der Waals surface area (Å²) in [6.45, 7) is 2.27. The average molecular weight is 425 g/mol. The zero-order chi connectivity index (χ0) is 22.4. The van der Waals surface area contributed by atoms with Crippen LogP contribution in [-0.2, 0) is 19.3 Å². The molecular weight excluding hydrogens is 388 g/mol. The van der Waals surface area contributed by atoms with Gasteiger partial charge in [0.15, 0.2) is 0 Å². The molecule has 0 aliphatic carbocycles. The summed E-state index contributed by atoms with van der Waals surface area (Å²) in [5.74, 6) is 0.330. The quantitative estimate of drug-likeness (QED) is 0.290. The first-order valence-corrected chi connectivity index (χ1v) is 11.9. The molecule has 0 unspecified atom stereocenters. The van der Waals surface area contributed by atoms with E-state index in [1.54, 1.807) is 17.7 Å². The maximum absolute atomic E-state index is 9.61. The highest BCUT2D eigenvalue weighted by atomic mass is 16.3. The lowest BCUT2D eigenvalue weighted by molar-refractivity contribution is 0.475. The van der Waals surface area contributed by atoms with Crippen molar-refractivity contribution in [2.45, 2.75) is 58.3 Å². The van der Waals surface area contributed by atoms with Crippen LogP contribution in [0.1, 0.15) is 55.7 Å². The van der Waals surface area contributed by atoms with Gasteiger partial charge in [-0.1, -0.05) is 109 Å². The predicted molar refractivity (Wildman–Crippen MR) is 137 cm³/mol. The van der Waals surface area contributed by atoms with Crippen molar-refractivity contribution in [3.05, 3.63) is 125 Å². The van der Waals surface area contributed by atoms with E-state index in [4.69, 9.17) is 0 Å². The van der Waals surface area contributed by atoms with Crippen molar-refractivity contribution in [1.29, 1.82) is 0 Å². The largest absolute Gasteiger partial charge is 0.508 e. The van der Waals surface area contributed by atoms with E-state index in [2.05, 4.69) is 79.7 Å². The Morgan fingerprint density at radius 1 is 0.625 bits per heavy atom. The molecule has 0 saturated heterocycles. The Morgan fingerprint density at radius 2 is 1.16 bits per heavy atom. The fourth-order valence-electron chi connectivity index (χ4n) is 4.08. The van der Waals surface area contributed by atoms with Crippen molar-refractivity contribution in [2.24, 2.45) is 0 Å². The Labute approximate surface area is 194 Å². The molecule has 32 heavy (non-hydrogen) atoms. The van der Waals surface area contributed by atoms with Crippen molar-refractivity contribution in [1.82, 2.24) is 0 Å². The Morgan fingerprint density at radius 3 is 1.72 bits per heavy atom. The molecule has 3 aromatic rings. The first-order valence-electron chi connectivity index (χ1n) is 11.9. The predicted octanol–water partition coefficient (Wildman–Crippen LogP) is 8.24. The molecule has 0 bridgehead atoms. The van der Waals surface area contributed by atoms with Crippen LogP contribution in [-0.4, -0.2) is 5.11 Å². The molecule has 3 aromatic carbocycles. The number of benzene rings is 3. The molecule has 0 aliphatic heterocycles. The average Bonchev–Trinajstić information content (AvgIpc) is 2.83. The summed E-state index contributed by atoms with van der Waals surface area (Å²) in [4.78, 5) is 0. The Hall–Kier alpha value is -3.06. The summed E-state index contributed by atoms with van der Waals surface area (Å²) in [5.41, 5.74) is 7.07. The minimum absolute atomic E-state index is 0.330. The number of hydrogen-bond acceptors (Lipinski definition) is 1. The zero-order valence-electron chi connectivity index (χ0n) is 19.3. The summed E-state index contributed by atoms with van der Waals surface area (Å²) >= 11 is 0. The van der Waals surface area contributed by atoms with Crippen LogP contribution in [0.4, 0.5) is 0 Å². The van der Waals surface area contributed by atoms with Crippen LogP contribution in [0.2, 0.25) is 0 Å². The second kappa shape index (κ2) is 13.4. The maximum atomic E-state index is 9.61. The molecule has 0 saturated carbocycles. The number of aromatic hydroxyl groups is 1. The third-order valence-electron chi connectivity index (χ3n) is 5.87. The summed E-state index contributed by atoms with van der Waals surface area (Å²) in [7, 11) is 0. The molecule has 0 radical (unpaired) electrons. The van der Waals surface area contributed by atoms with Crippen molar-refractivity contribution < 1.29 is 5.11 Å². The molecule has 0 amide bonds. The van der Waals surface area contributed by atoms with E-state index in [0.717, 1.165) is 25.7 Å². The Balaban J connectivity index is 1.62. The molecule has 0 spiro atoms.